The lowest BCUT2D eigenvalue weighted by Crippen LogP contribution is -2.45. The van der Waals surface area contributed by atoms with Crippen LogP contribution in [-0.2, 0) is 9.59 Å². The van der Waals surface area contributed by atoms with Gasteiger partial charge in [-0.3, -0.25) is 4.79 Å². The minimum absolute atomic E-state index is 0.0167. The van der Waals surface area contributed by atoms with Crippen LogP contribution in [-0.4, -0.2) is 51.3 Å². The van der Waals surface area contributed by atoms with Crippen molar-refractivity contribution >= 4 is 11.9 Å². The highest BCUT2D eigenvalue weighted by molar-refractivity contribution is 5.92. The number of hydrogen-bond donors (Lipinski definition) is 2. The van der Waals surface area contributed by atoms with Gasteiger partial charge in [0.1, 0.15) is 6.04 Å². The minimum Gasteiger partial charge on any atom is -0.480 e. The predicted molar refractivity (Wildman–Crippen MR) is 46.8 cm³/mol. The van der Waals surface area contributed by atoms with E-state index >= 15 is 0 Å². The van der Waals surface area contributed by atoms with Crippen molar-refractivity contribution in [3.63, 3.8) is 0 Å². The summed E-state index contributed by atoms with van der Waals surface area (Å²) in [6.07, 6.45) is -0.565. The number of nitrogens with zero attached hydrogens (tertiary/aromatic N) is 1. The molecule has 5 nitrogen and oxygen atoms in total. The fourth-order valence-electron chi connectivity index (χ4n) is 1.85. The van der Waals surface area contributed by atoms with E-state index in [1.54, 1.807) is 0 Å². The molecule has 0 bridgehead atoms. The van der Waals surface area contributed by atoms with Crippen LogP contribution in [0, 0.1) is 0 Å². The molecule has 2 atom stereocenters. The van der Waals surface area contributed by atoms with Crippen LogP contribution in [0.2, 0.25) is 0 Å². The summed E-state index contributed by atoms with van der Waals surface area (Å²) < 4.78 is 13.4. The Kier molecular flexibility index (Phi) is 2.18. The topological polar surface area (TPSA) is 77.8 Å². The van der Waals surface area contributed by atoms with Gasteiger partial charge >= 0.3 is 5.97 Å². The second-order valence-electron chi connectivity index (χ2n) is 4.17. The molecule has 1 aliphatic heterocycles. The number of aliphatic hydroxyl groups excluding tert-OH is 1. The van der Waals surface area contributed by atoms with Gasteiger partial charge in [-0.1, -0.05) is 0 Å². The normalized spacial score (nSPS) is 32.8. The van der Waals surface area contributed by atoms with Crippen LogP contribution in [0.15, 0.2) is 0 Å². The van der Waals surface area contributed by atoms with Gasteiger partial charge in [0.25, 0.3) is 5.91 Å². The number of carboxylic acids is 1. The van der Waals surface area contributed by atoms with Gasteiger partial charge in [0.15, 0.2) is 5.67 Å². The Hall–Kier alpha value is -1.17. The Labute approximate surface area is 85.5 Å². The van der Waals surface area contributed by atoms with Crippen molar-refractivity contribution < 1.29 is 24.2 Å². The van der Waals surface area contributed by atoms with E-state index in [0.717, 1.165) is 4.90 Å². The predicted octanol–water partition coefficient (Wildman–Crippen LogP) is -0.465. The first kappa shape index (κ1) is 10.4. The lowest BCUT2D eigenvalue weighted by atomic mass is 10.2. The quantitative estimate of drug-likeness (QED) is 0.655. The summed E-state index contributed by atoms with van der Waals surface area (Å²) in [5.74, 6) is -1.98. The first-order valence-corrected chi connectivity index (χ1v) is 4.85. The van der Waals surface area contributed by atoms with Crippen LogP contribution >= 0.6 is 0 Å². The van der Waals surface area contributed by atoms with Crippen molar-refractivity contribution in [1.82, 2.24) is 4.90 Å². The second kappa shape index (κ2) is 3.16. The molecule has 1 saturated heterocycles. The van der Waals surface area contributed by atoms with Crippen molar-refractivity contribution in [2.24, 2.45) is 0 Å². The van der Waals surface area contributed by atoms with E-state index in [1.165, 1.54) is 0 Å². The number of hydrogen-bond acceptors (Lipinski definition) is 3. The third kappa shape index (κ3) is 1.69. The largest absolute Gasteiger partial charge is 0.480 e. The first-order chi connectivity index (χ1) is 6.94. The van der Waals surface area contributed by atoms with Gasteiger partial charge in [0.2, 0.25) is 0 Å². The standard InChI is InChI=1S/C9H12FNO4/c10-9(1-2-9)8(15)11-4-5(12)3-6(11)7(13)14/h5-6,12H,1-4H2,(H,13,14)/t5-,6+/m1/s1. The molecule has 84 valence electrons. The number of likely N-dealkylation sites (tertiary alicyclic amines) is 1. The summed E-state index contributed by atoms with van der Waals surface area (Å²) in [4.78, 5) is 23.3. The van der Waals surface area contributed by atoms with Gasteiger partial charge in [-0.05, 0) is 12.8 Å². The smallest absolute Gasteiger partial charge is 0.326 e. The minimum atomic E-state index is -1.86. The van der Waals surface area contributed by atoms with Crippen LogP contribution in [0.1, 0.15) is 19.3 Å². The van der Waals surface area contributed by atoms with E-state index in [4.69, 9.17) is 5.11 Å². The fraction of sp³-hybridized carbons (Fsp3) is 0.778. The first-order valence-electron chi connectivity index (χ1n) is 4.85. The summed E-state index contributed by atoms with van der Waals surface area (Å²) >= 11 is 0. The average Bonchev–Trinajstić information content (AvgIpc) is 2.77. The molecule has 2 rings (SSSR count). The van der Waals surface area contributed by atoms with E-state index in [2.05, 4.69) is 0 Å². The van der Waals surface area contributed by atoms with E-state index in [1.807, 2.05) is 0 Å². The summed E-state index contributed by atoms with van der Waals surface area (Å²) in [5.41, 5.74) is -1.86. The fourth-order valence-corrected chi connectivity index (χ4v) is 1.85. The lowest BCUT2D eigenvalue weighted by Gasteiger charge is -2.22. The summed E-state index contributed by atoms with van der Waals surface area (Å²) in [6, 6.07) is -1.08. The third-order valence-electron chi connectivity index (χ3n) is 2.90. The number of aliphatic hydroxyl groups is 1. The highest BCUT2D eigenvalue weighted by Crippen LogP contribution is 2.42. The summed E-state index contributed by atoms with van der Waals surface area (Å²) in [5, 5.41) is 18.1. The number of carboxylic acid groups (broad SMARTS) is 1. The molecular formula is C9H12FNO4. The van der Waals surface area contributed by atoms with Crippen molar-refractivity contribution in [3.05, 3.63) is 0 Å². The van der Waals surface area contributed by atoms with Gasteiger partial charge in [0, 0.05) is 13.0 Å². The van der Waals surface area contributed by atoms with Gasteiger partial charge in [-0.15, -0.1) is 0 Å². The van der Waals surface area contributed by atoms with E-state index < -0.39 is 29.7 Å². The molecule has 15 heavy (non-hydrogen) atoms. The molecule has 0 spiro atoms. The van der Waals surface area contributed by atoms with Gasteiger partial charge in [-0.2, -0.15) is 0 Å². The molecule has 0 aromatic carbocycles. The van der Waals surface area contributed by atoms with Crippen molar-refractivity contribution in [2.75, 3.05) is 6.54 Å². The molecular weight excluding hydrogens is 205 g/mol. The molecule has 2 fully saturated rings. The van der Waals surface area contributed by atoms with Crippen LogP contribution in [0.4, 0.5) is 4.39 Å². The van der Waals surface area contributed by atoms with E-state index in [9.17, 15) is 19.1 Å². The Bertz CT molecular complexity index is 315. The van der Waals surface area contributed by atoms with E-state index in [0.29, 0.717) is 0 Å². The molecule has 1 amide bonds. The summed E-state index contributed by atoms with van der Waals surface area (Å²) in [7, 11) is 0. The van der Waals surface area contributed by atoms with E-state index in [-0.39, 0.29) is 25.8 Å². The van der Waals surface area contributed by atoms with Crippen LogP contribution in [0.25, 0.3) is 0 Å². The number of alkyl halides is 1. The number of β-amino-alcohol motifs (C(OH)–C–C–N with tert-alkyl or cyclic N) is 1. The molecule has 2 aliphatic rings. The zero-order valence-corrected chi connectivity index (χ0v) is 8.02. The van der Waals surface area contributed by atoms with Crippen molar-refractivity contribution in [1.29, 1.82) is 0 Å². The van der Waals surface area contributed by atoms with Crippen LogP contribution in [0.5, 0.6) is 0 Å². The Balaban J connectivity index is 2.13. The van der Waals surface area contributed by atoms with Gasteiger partial charge < -0.3 is 15.1 Å². The zero-order valence-electron chi connectivity index (χ0n) is 8.02. The van der Waals surface area contributed by atoms with Crippen LogP contribution < -0.4 is 0 Å². The molecule has 0 radical (unpaired) electrons. The van der Waals surface area contributed by atoms with Gasteiger partial charge in [0.05, 0.1) is 6.10 Å². The molecule has 0 aromatic rings. The van der Waals surface area contributed by atoms with Crippen molar-refractivity contribution in [3.8, 4) is 0 Å². The number of carbonyl (C=O) groups excluding carboxylic acids is 1. The maximum Gasteiger partial charge on any atom is 0.326 e. The lowest BCUT2D eigenvalue weighted by molar-refractivity contribution is -0.151. The van der Waals surface area contributed by atoms with Crippen molar-refractivity contribution in [2.45, 2.75) is 37.1 Å². The molecule has 1 heterocycles. The summed E-state index contributed by atoms with van der Waals surface area (Å²) in [6.45, 7) is -0.0819. The molecule has 0 aromatic heterocycles. The zero-order chi connectivity index (χ0) is 11.2. The molecule has 6 heteroatoms. The highest BCUT2D eigenvalue weighted by atomic mass is 19.1. The number of amides is 1. The number of aliphatic carboxylic acids is 1. The maximum atomic E-state index is 13.4. The Morgan fingerprint density at radius 2 is 2.00 bits per heavy atom. The second-order valence-corrected chi connectivity index (χ2v) is 4.17. The Morgan fingerprint density at radius 3 is 2.47 bits per heavy atom. The number of carbonyl (C=O) groups is 2. The SMILES string of the molecule is O=C(O)[C@@H]1C[C@@H](O)CN1C(=O)C1(F)CC1. The number of halogens is 1. The molecule has 2 N–H and O–H groups in total. The Morgan fingerprint density at radius 1 is 1.40 bits per heavy atom. The monoisotopic (exact) mass is 217 g/mol. The number of rotatable bonds is 2. The van der Waals surface area contributed by atoms with Crippen LogP contribution in [0.3, 0.4) is 0 Å². The average molecular weight is 217 g/mol. The molecule has 1 aliphatic carbocycles. The van der Waals surface area contributed by atoms with Gasteiger partial charge in [-0.25, -0.2) is 9.18 Å². The third-order valence-corrected chi connectivity index (χ3v) is 2.90. The highest BCUT2D eigenvalue weighted by Gasteiger charge is 2.56. The maximum absolute atomic E-state index is 13.4. The molecule has 1 saturated carbocycles. The molecule has 0 unspecified atom stereocenters.